The van der Waals surface area contributed by atoms with E-state index >= 15 is 0 Å². The Hall–Kier alpha value is -1.39. The number of rotatable bonds is 2. The summed E-state index contributed by atoms with van der Waals surface area (Å²) in [4.78, 5) is 0. The topological polar surface area (TPSA) is 21.3 Å². The molecule has 1 N–H and O–H groups in total. The normalized spacial score (nSPS) is 22.8. The first-order valence-electron chi connectivity index (χ1n) is 5.86. The number of hydrogen-bond donors (Lipinski definition) is 1. The number of anilines is 1. The summed E-state index contributed by atoms with van der Waals surface area (Å²) < 4.78 is 40.6. The van der Waals surface area contributed by atoms with Crippen LogP contribution in [-0.2, 0) is 5.41 Å². The number of fused-ring (bicyclic) bond motifs is 1. The van der Waals surface area contributed by atoms with Gasteiger partial charge in [0.15, 0.2) is 0 Å². The SMILES string of the molecule is CC(C)C1(C)CNc2ccc(OC(F)(F)F)cc21. The van der Waals surface area contributed by atoms with Crippen molar-refractivity contribution >= 4 is 5.69 Å². The van der Waals surface area contributed by atoms with Gasteiger partial charge in [0, 0.05) is 17.6 Å². The predicted octanol–water partition coefficient (Wildman–Crippen LogP) is 3.92. The third kappa shape index (κ3) is 2.26. The summed E-state index contributed by atoms with van der Waals surface area (Å²) in [6.45, 7) is 6.91. The van der Waals surface area contributed by atoms with Gasteiger partial charge in [-0.3, -0.25) is 0 Å². The van der Waals surface area contributed by atoms with Crippen molar-refractivity contribution in [2.24, 2.45) is 5.92 Å². The fraction of sp³-hybridized carbons (Fsp3) is 0.538. The molecular weight excluding hydrogens is 243 g/mol. The molecular formula is C13H16F3NO. The van der Waals surface area contributed by atoms with E-state index in [0.717, 1.165) is 17.8 Å². The molecule has 0 amide bonds. The summed E-state index contributed by atoms with van der Waals surface area (Å²) in [5, 5.41) is 3.23. The Labute approximate surface area is 104 Å². The van der Waals surface area contributed by atoms with Crippen molar-refractivity contribution in [2.45, 2.75) is 32.5 Å². The quantitative estimate of drug-likeness (QED) is 0.869. The van der Waals surface area contributed by atoms with E-state index in [2.05, 4.69) is 23.9 Å². The van der Waals surface area contributed by atoms with Gasteiger partial charge in [-0.2, -0.15) is 0 Å². The molecule has 2 rings (SSSR count). The van der Waals surface area contributed by atoms with Crippen LogP contribution >= 0.6 is 0 Å². The summed E-state index contributed by atoms with van der Waals surface area (Å²) >= 11 is 0. The highest BCUT2D eigenvalue weighted by molar-refractivity contribution is 5.62. The lowest BCUT2D eigenvalue weighted by molar-refractivity contribution is -0.274. The molecule has 0 aromatic heterocycles. The van der Waals surface area contributed by atoms with Crippen molar-refractivity contribution in [3.63, 3.8) is 0 Å². The van der Waals surface area contributed by atoms with E-state index in [9.17, 15) is 13.2 Å². The minimum Gasteiger partial charge on any atom is -0.406 e. The van der Waals surface area contributed by atoms with Gasteiger partial charge >= 0.3 is 6.36 Å². The van der Waals surface area contributed by atoms with Crippen molar-refractivity contribution in [1.29, 1.82) is 0 Å². The number of ether oxygens (including phenoxy) is 1. The highest BCUT2D eigenvalue weighted by Crippen LogP contribution is 2.43. The molecule has 0 radical (unpaired) electrons. The second kappa shape index (κ2) is 4.07. The minimum absolute atomic E-state index is 0.156. The molecule has 0 saturated heterocycles. The van der Waals surface area contributed by atoms with Gasteiger partial charge in [0.2, 0.25) is 0 Å². The number of benzene rings is 1. The van der Waals surface area contributed by atoms with Crippen molar-refractivity contribution in [2.75, 3.05) is 11.9 Å². The summed E-state index contributed by atoms with van der Waals surface area (Å²) in [5.74, 6) is 0.171. The molecule has 1 heterocycles. The summed E-state index contributed by atoms with van der Waals surface area (Å²) in [5.41, 5.74) is 1.61. The largest absolute Gasteiger partial charge is 0.573 e. The fourth-order valence-electron chi connectivity index (χ4n) is 2.24. The molecule has 1 aromatic rings. The van der Waals surface area contributed by atoms with E-state index in [1.165, 1.54) is 12.1 Å². The zero-order valence-electron chi connectivity index (χ0n) is 10.6. The van der Waals surface area contributed by atoms with Crippen LogP contribution in [0.2, 0.25) is 0 Å². The maximum Gasteiger partial charge on any atom is 0.573 e. The van der Waals surface area contributed by atoms with Crippen LogP contribution in [0.1, 0.15) is 26.3 Å². The van der Waals surface area contributed by atoms with Gasteiger partial charge < -0.3 is 10.1 Å². The lowest BCUT2D eigenvalue weighted by Gasteiger charge is -2.29. The molecule has 1 unspecified atom stereocenters. The lowest BCUT2D eigenvalue weighted by atomic mass is 9.75. The second-order valence-electron chi connectivity index (χ2n) is 5.18. The van der Waals surface area contributed by atoms with Crippen molar-refractivity contribution in [3.8, 4) is 5.75 Å². The van der Waals surface area contributed by atoms with E-state index in [4.69, 9.17) is 0 Å². The number of halogens is 3. The van der Waals surface area contributed by atoms with Crippen LogP contribution in [0.3, 0.4) is 0 Å². The van der Waals surface area contributed by atoms with Crippen LogP contribution in [0.5, 0.6) is 5.75 Å². The van der Waals surface area contributed by atoms with E-state index in [0.29, 0.717) is 5.92 Å². The minimum atomic E-state index is -4.64. The van der Waals surface area contributed by atoms with Crippen molar-refractivity contribution in [1.82, 2.24) is 0 Å². The van der Waals surface area contributed by atoms with Gasteiger partial charge in [0.05, 0.1) is 0 Å². The van der Waals surface area contributed by atoms with Crippen LogP contribution < -0.4 is 10.1 Å². The third-order valence-corrected chi connectivity index (χ3v) is 3.76. The van der Waals surface area contributed by atoms with Crippen LogP contribution in [0.25, 0.3) is 0 Å². The highest BCUT2D eigenvalue weighted by atomic mass is 19.4. The van der Waals surface area contributed by atoms with E-state index < -0.39 is 6.36 Å². The van der Waals surface area contributed by atoms with Crippen LogP contribution in [0.4, 0.5) is 18.9 Å². The Morgan fingerprint density at radius 2 is 2.00 bits per heavy atom. The lowest BCUT2D eigenvalue weighted by Crippen LogP contribution is -2.30. The van der Waals surface area contributed by atoms with Gasteiger partial charge in [-0.25, -0.2) is 0 Å². The standard InChI is InChI=1S/C13H16F3NO/c1-8(2)12(3)7-17-11-5-4-9(6-10(11)12)18-13(14,15)16/h4-6,8,17H,7H2,1-3H3. The first kappa shape index (κ1) is 13.1. The molecule has 0 bridgehead atoms. The number of alkyl halides is 3. The summed E-state index contributed by atoms with van der Waals surface area (Å²) in [7, 11) is 0. The molecule has 1 atom stereocenters. The second-order valence-corrected chi connectivity index (χ2v) is 5.18. The van der Waals surface area contributed by atoms with E-state index in [1.807, 2.05) is 6.92 Å². The Bertz CT molecular complexity index is 456. The van der Waals surface area contributed by atoms with Gasteiger partial charge in [-0.1, -0.05) is 20.8 Å². The maximum absolute atomic E-state index is 12.2. The molecule has 0 saturated carbocycles. The molecule has 0 fully saturated rings. The molecule has 1 aliphatic heterocycles. The maximum atomic E-state index is 12.2. The summed E-state index contributed by atoms with van der Waals surface area (Å²) in [6.07, 6.45) is -4.64. The zero-order valence-corrected chi connectivity index (χ0v) is 10.6. The van der Waals surface area contributed by atoms with Gasteiger partial charge in [0.1, 0.15) is 5.75 Å². The molecule has 0 spiro atoms. The highest BCUT2D eigenvalue weighted by Gasteiger charge is 2.38. The molecule has 1 aromatic carbocycles. The van der Waals surface area contributed by atoms with Gasteiger partial charge in [0.25, 0.3) is 0 Å². The Balaban J connectivity index is 2.37. The van der Waals surface area contributed by atoms with E-state index in [1.54, 1.807) is 6.07 Å². The van der Waals surface area contributed by atoms with Crippen molar-refractivity contribution < 1.29 is 17.9 Å². The van der Waals surface area contributed by atoms with Crippen LogP contribution in [0, 0.1) is 5.92 Å². The Kier molecular flexibility index (Phi) is 2.95. The zero-order chi connectivity index (χ0) is 13.6. The average Bonchev–Trinajstić information content (AvgIpc) is 2.56. The van der Waals surface area contributed by atoms with Gasteiger partial charge in [-0.05, 0) is 29.7 Å². The third-order valence-electron chi connectivity index (χ3n) is 3.76. The number of nitrogens with one attached hydrogen (secondary N) is 1. The average molecular weight is 259 g/mol. The fourth-order valence-corrected chi connectivity index (χ4v) is 2.24. The first-order chi connectivity index (χ1) is 8.22. The van der Waals surface area contributed by atoms with E-state index in [-0.39, 0.29) is 11.2 Å². The van der Waals surface area contributed by atoms with Crippen LogP contribution in [-0.4, -0.2) is 12.9 Å². The Morgan fingerprint density at radius 1 is 1.33 bits per heavy atom. The van der Waals surface area contributed by atoms with Crippen molar-refractivity contribution in [3.05, 3.63) is 23.8 Å². The molecule has 5 heteroatoms. The van der Waals surface area contributed by atoms with Gasteiger partial charge in [-0.15, -0.1) is 13.2 Å². The first-order valence-corrected chi connectivity index (χ1v) is 5.86. The molecule has 2 nitrogen and oxygen atoms in total. The number of hydrogen-bond acceptors (Lipinski definition) is 2. The molecule has 1 aliphatic rings. The summed E-state index contributed by atoms with van der Waals surface area (Å²) in [6, 6.07) is 4.47. The predicted molar refractivity (Wildman–Crippen MR) is 63.8 cm³/mol. The molecule has 100 valence electrons. The Morgan fingerprint density at radius 3 is 2.56 bits per heavy atom. The van der Waals surface area contributed by atoms with Crippen LogP contribution in [0.15, 0.2) is 18.2 Å². The monoisotopic (exact) mass is 259 g/mol. The molecule has 0 aliphatic carbocycles. The smallest absolute Gasteiger partial charge is 0.406 e. The molecule has 18 heavy (non-hydrogen) atoms.